The van der Waals surface area contributed by atoms with Gasteiger partial charge in [-0.1, -0.05) is 18.2 Å². The lowest BCUT2D eigenvalue weighted by Crippen LogP contribution is -2.25. The highest BCUT2D eigenvalue weighted by Crippen LogP contribution is 2.24. The Hall–Kier alpha value is -3.41. The van der Waals surface area contributed by atoms with Crippen LogP contribution in [0.15, 0.2) is 48.5 Å². The minimum absolute atomic E-state index is 0.196. The Kier molecular flexibility index (Phi) is 5.07. The molecular weight excluding hydrogens is 344 g/mol. The number of aromatic nitrogens is 1. The van der Waals surface area contributed by atoms with Crippen molar-refractivity contribution >= 4 is 34.3 Å². The monoisotopic (exact) mass is 364 g/mol. The molecule has 138 valence electrons. The van der Waals surface area contributed by atoms with Gasteiger partial charge < -0.3 is 15.0 Å². The molecule has 0 aliphatic heterocycles. The largest absolute Gasteiger partial charge is 0.451 e. The molecule has 0 saturated carbocycles. The maximum atomic E-state index is 12.8. The highest BCUT2D eigenvalue weighted by atomic mass is 16.5. The highest BCUT2D eigenvalue weighted by Gasteiger charge is 2.24. The maximum absolute atomic E-state index is 12.8. The third kappa shape index (κ3) is 3.89. The molecule has 0 spiro atoms. The molecule has 0 bridgehead atoms. The Morgan fingerprint density at radius 1 is 1.04 bits per heavy atom. The Bertz CT molecular complexity index is 1020. The third-order valence-electron chi connectivity index (χ3n) is 4.23. The normalized spacial score (nSPS) is 11.8. The number of benzene rings is 2. The number of carbonyl (C=O) groups is 3. The van der Waals surface area contributed by atoms with Gasteiger partial charge in [-0.15, -0.1) is 0 Å². The van der Waals surface area contributed by atoms with Gasteiger partial charge in [0, 0.05) is 34.8 Å². The first-order valence-electron chi connectivity index (χ1n) is 8.57. The zero-order valence-corrected chi connectivity index (χ0v) is 15.3. The van der Waals surface area contributed by atoms with Crippen molar-refractivity contribution in [3.05, 3.63) is 65.4 Å². The van der Waals surface area contributed by atoms with Crippen molar-refractivity contribution in [1.82, 2.24) is 4.98 Å². The number of aromatic amines is 1. The SMILES string of the molecule is CC(=O)Nc1ccc(C(=O)OC(C)C(=O)c2c(C)[nH]c3ccccc23)cc1. The van der Waals surface area contributed by atoms with Crippen LogP contribution < -0.4 is 5.32 Å². The predicted molar refractivity (Wildman–Crippen MR) is 103 cm³/mol. The van der Waals surface area contributed by atoms with Crippen molar-refractivity contribution in [3.63, 3.8) is 0 Å². The van der Waals surface area contributed by atoms with Gasteiger partial charge in [-0.3, -0.25) is 9.59 Å². The molecule has 1 amide bonds. The number of hydrogen-bond acceptors (Lipinski definition) is 4. The van der Waals surface area contributed by atoms with E-state index in [1.165, 1.54) is 6.92 Å². The van der Waals surface area contributed by atoms with E-state index >= 15 is 0 Å². The standard InChI is InChI=1S/C21H20N2O4/c1-12-19(17-6-4-5-7-18(17)22-12)20(25)13(2)27-21(26)15-8-10-16(11-9-15)23-14(3)24/h4-11,13,22H,1-3H3,(H,23,24). The van der Waals surface area contributed by atoms with Crippen LogP contribution in [-0.4, -0.2) is 28.7 Å². The molecule has 0 saturated heterocycles. The highest BCUT2D eigenvalue weighted by molar-refractivity contribution is 6.11. The minimum Gasteiger partial charge on any atom is -0.451 e. The van der Waals surface area contributed by atoms with E-state index in [4.69, 9.17) is 4.74 Å². The summed E-state index contributed by atoms with van der Waals surface area (Å²) in [6.07, 6.45) is -0.926. The summed E-state index contributed by atoms with van der Waals surface area (Å²) in [7, 11) is 0. The maximum Gasteiger partial charge on any atom is 0.338 e. The molecule has 2 N–H and O–H groups in total. The summed E-state index contributed by atoms with van der Waals surface area (Å²) in [5.41, 5.74) is 3.03. The molecule has 6 nitrogen and oxygen atoms in total. The van der Waals surface area contributed by atoms with Crippen molar-refractivity contribution in [1.29, 1.82) is 0 Å². The number of hydrogen-bond donors (Lipinski definition) is 2. The molecule has 0 fully saturated rings. The number of nitrogens with one attached hydrogen (secondary N) is 2. The van der Waals surface area contributed by atoms with Crippen LogP contribution in [0.1, 0.15) is 40.3 Å². The van der Waals surface area contributed by atoms with Crippen LogP contribution in [0.2, 0.25) is 0 Å². The number of amides is 1. The van der Waals surface area contributed by atoms with Crippen LogP contribution >= 0.6 is 0 Å². The van der Waals surface area contributed by atoms with Gasteiger partial charge in [0.25, 0.3) is 0 Å². The number of rotatable bonds is 5. The molecular formula is C21H20N2O4. The molecule has 0 aliphatic rings. The van der Waals surface area contributed by atoms with E-state index in [1.54, 1.807) is 31.2 Å². The van der Waals surface area contributed by atoms with Gasteiger partial charge in [-0.2, -0.15) is 0 Å². The lowest BCUT2D eigenvalue weighted by molar-refractivity contribution is -0.114. The summed E-state index contributed by atoms with van der Waals surface area (Å²) in [5, 5.41) is 3.43. The Morgan fingerprint density at radius 2 is 1.70 bits per heavy atom. The van der Waals surface area contributed by atoms with E-state index in [-0.39, 0.29) is 11.7 Å². The van der Waals surface area contributed by atoms with E-state index < -0.39 is 12.1 Å². The quantitative estimate of drug-likeness (QED) is 0.531. The van der Waals surface area contributed by atoms with Crippen molar-refractivity contribution in [3.8, 4) is 0 Å². The first-order chi connectivity index (χ1) is 12.9. The van der Waals surface area contributed by atoms with E-state index in [9.17, 15) is 14.4 Å². The average molecular weight is 364 g/mol. The molecule has 0 radical (unpaired) electrons. The number of ketones is 1. The van der Waals surface area contributed by atoms with Crippen LogP contribution in [0, 0.1) is 6.92 Å². The summed E-state index contributed by atoms with van der Waals surface area (Å²) >= 11 is 0. The van der Waals surface area contributed by atoms with Crippen LogP contribution in [0.25, 0.3) is 10.9 Å². The number of ether oxygens (including phenoxy) is 1. The first-order valence-corrected chi connectivity index (χ1v) is 8.57. The summed E-state index contributed by atoms with van der Waals surface area (Å²) in [4.78, 5) is 39.4. The second-order valence-electron chi connectivity index (χ2n) is 6.34. The van der Waals surface area contributed by atoms with Crippen molar-refractivity contribution in [2.45, 2.75) is 26.9 Å². The number of fused-ring (bicyclic) bond motifs is 1. The number of carbonyl (C=O) groups excluding carboxylic acids is 3. The molecule has 3 aromatic rings. The fourth-order valence-electron chi connectivity index (χ4n) is 2.97. The zero-order valence-electron chi connectivity index (χ0n) is 15.3. The summed E-state index contributed by atoms with van der Waals surface area (Å²) in [6, 6.07) is 13.8. The topological polar surface area (TPSA) is 88.3 Å². The van der Waals surface area contributed by atoms with E-state index in [0.29, 0.717) is 16.8 Å². The van der Waals surface area contributed by atoms with Gasteiger partial charge in [0.2, 0.25) is 11.7 Å². The molecule has 1 unspecified atom stereocenters. The molecule has 1 heterocycles. The van der Waals surface area contributed by atoms with E-state index in [0.717, 1.165) is 16.6 Å². The van der Waals surface area contributed by atoms with E-state index in [1.807, 2.05) is 31.2 Å². The van der Waals surface area contributed by atoms with Crippen molar-refractivity contribution < 1.29 is 19.1 Å². The molecule has 2 aromatic carbocycles. The van der Waals surface area contributed by atoms with Crippen molar-refractivity contribution in [2.75, 3.05) is 5.32 Å². The third-order valence-corrected chi connectivity index (χ3v) is 4.23. The predicted octanol–water partition coefficient (Wildman–Crippen LogP) is 3.86. The fourth-order valence-corrected chi connectivity index (χ4v) is 2.97. The minimum atomic E-state index is -0.926. The van der Waals surface area contributed by atoms with Gasteiger partial charge in [0.05, 0.1) is 5.56 Å². The van der Waals surface area contributed by atoms with Gasteiger partial charge in [0.15, 0.2) is 6.10 Å². The number of aryl methyl sites for hydroxylation is 1. The molecule has 3 rings (SSSR count). The number of H-pyrrole nitrogens is 1. The molecule has 6 heteroatoms. The molecule has 27 heavy (non-hydrogen) atoms. The van der Waals surface area contributed by atoms with Crippen LogP contribution in [0.3, 0.4) is 0 Å². The summed E-state index contributed by atoms with van der Waals surface area (Å²) in [6.45, 7) is 4.79. The van der Waals surface area contributed by atoms with Gasteiger partial charge in [-0.25, -0.2) is 4.79 Å². The number of para-hydroxylation sites is 1. The summed E-state index contributed by atoms with van der Waals surface area (Å²) < 4.78 is 5.36. The summed E-state index contributed by atoms with van der Waals surface area (Å²) in [5.74, 6) is -1.05. The second-order valence-corrected chi connectivity index (χ2v) is 6.34. The first kappa shape index (κ1) is 18.4. The zero-order chi connectivity index (χ0) is 19.6. The molecule has 1 atom stereocenters. The van der Waals surface area contributed by atoms with Crippen molar-refractivity contribution in [2.24, 2.45) is 0 Å². The Balaban J connectivity index is 1.75. The lowest BCUT2D eigenvalue weighted by atomic mass is 10.0. The lowest BCUT2D eigenvalue weighted by Gasteiger charge is -2.13. The number of anilines is 1. The van der Waals surface area contributed by atoms with Crippen LogP contribution in [0.4, 0.5) is 5.69 Å². The Morgan fingerprint density at radius 3 is 2.37 bits per heavy atom. The van der Waals surface area contributed by atoms with Gasteiger partial charge in [0.1, 0.15) is 0 Å². The Labute approximate surface area is 156 Å². The van der Waals surface area contributed by atoms with Crippen LogP contribution in [-0.2, 0) is 9.53 Å². The molecule has 0 aliphatic carbocycles. The second kappa shape index (κ2) is 7.45. The smallest absolute Gasteiger partial charge is 0.338 e. The van der Waals surface area contributed by atoms with Gasteiger partial charge >= 0.3 is 5.97 Å². The number of Topliss-reactive ketones (excluding diaryl/α,β-unsaturated/α-hetero) is 1. The fraction of sp³-hybridized carbons (Fsp3) is 0.190. The number of esters is 1. The average Bonchev–Trinajstić information content (AvgIpc) is 2.96. The van der Waals surface area contributed by atoms with Crippen LogP contribution in [0.5, 0.6) is 0 Å². The molecule has 1 aromatic heterocycles. The van der Waals surface area contributed by atoms with Gasteiger partial charge in [-0.05, 0) is 44.2 Å². The van der Waals surface area contributed by atoms with E-state index in [2.05, 4.69) is 10.3 Å².